The minimum absolute atomic E-state index is 0.256. The molecule has 3 aromatic rings. The molecule has 2 aromatic heterocycles. The molecule has 28 heavy (non-hydrogen) atoms. The number of hydrogen-bond donors (Lipinski definition) is 0. The number of esters is 1. The first-order chi connectivity index (χ1) is 13.5. The third-order valence-corrected chi connectivity index (χ3v) is 5.78. The van der Waals surface area contributed by atoms with Crippen molar-refractivity contribution in [2.45, 2.75) is 25.3 Å². The average molecular weight is 384 g/mol. The van der Waals surface area contributed by atoms with Gasteiger partial charge < -0.3 is 9.64 Å². The molecule has 0 unspecified atom stereocenters. The lowest BCUT2D eigenvalue weighted by atomic mass is 10.0. The van der Waals surface area contributed by atoms with E-state index in [1.165, 1.54) is 22.8 Å². The first-order valence-electron chi connectivity index (χ1n) is 9.29. The molecule has 6 nitrogen and oxygen atoms in total. The molecule has 1 aliphatic heterocycles. The van der Waals surface area contributed by atoms with E-state index in [0.29, 0.717) is 23.6 Å². The van der Waals surface area contributed by atoms with Gasteiger partial charge in [-0.25, -0.2) is 23.1 Å². The van der Waals surface area contributed by atoms with E-state index in [-0.39, 0.29) is 18.1 Å². The highest BCUT2D eigenvalue weighted by Gasteiger charge is 2.64. The Kier molecular flexibility index (Phi) is 3.65. The van der Waals surface area contributed by atoms with Crippen LogP contribution in [0.2, 0.25) is 0 Å². The summed E-state index contributed by atoms with van der Waals surface area (Å²) in [7, 11) is 0. The first-order valence-corrected chi connectivity index (χ1v) is 9.29. The summed E-state index contributed by atoms with van der Waals surface area (Å²) >= 11 is 0. The summed E-state index contributed by atoms with van der Waals surface area (Å²) in [6, 6.07) is 5.38. The van der Waals surface area contributed by atoms with Gasteiger partial charge in [-0.2, -0.15) is 5.10 Å². The molecule has 2 fully saturated rings. The smallest absolute Gasteiger partial charge is 0.343 e. The maximum Gasteiger partial charge on any atom is 0.343 e. The van der Waals surface area contributed by atoms with Crippen LogP contribution in [0.25, 0.3) is 5.65 Å². The van der Waals surface area contributed by atoms with E-state index in [4.69, 9.17) is 4.74 Å². The van der Waals surface area contributed by atoms with E-state index in [0.717, 1.165) is 18.9 Å². The summed E-state index contributed by atoms with van der Waals surface area (Å²) in [5, 5.41) is 4.15. The quantitative estimate of drug-likeness (QED) is 0.646. The minimum Gasteiger partial charge on any atom is -0.462 e. The van der Waals surface area contributed by atoms with E-state index in [1.807, 2.05) is 4.90 Å². The molecule has 8 heteroatoms. The third kappa shape index (κ3) is 2.33. The van der Waals surface area contributed by atoms with Crippen molar-refractivity contribution in [3.05, 3.63) is 59.4 Å². The van der Waals surface area contributed by atoms with Crippen molar-refractivity contribution in [2.24, 2.45) is 5.92 Å². The molecule has 2 atom stereocenters. The molecule has 1 saturated heterocycles. The van der Waals surface area contributed by atoms with Gasteiger partial charge in [0.2, 0.25) is 0 Å². The van der Waals surface area contributed by atoms with Crippen molar-refractivity contribution >= 4 is 17.4 Å². The van der Waals surface area contributed by atoms with E-state index >= 15 is 0 Å². The number of nitrogens with zero attached hydrogens (tertiary/aromatic N) is 4. The summed E-state index contributed by atoms with van der Waals surface area (Å²) in [6.07, 6.45) is 4.78. The Morgan fingerprint density at radius 3 is 3.00 bits per heavy atom. The molecule has 5 rings (SSSR count). The van der Waals surface area contributed by atoms with Crippen molar-refractivity contribution in [1.82, 2.24) is 14.6 Å². The van der Waals surface area contributed by atoms with Gasteiger partial charge >= 0.3 is 5.97 Å². The molecule has 144 valence electrons. The van der Waals surface area contributed by atoms with E-state index in [2.05, 4.69) is 10.1 Å². The van der Waals surface area contributed by atoms with Crippen LogP contribution in [-0.4, -0.2) is 33.7 Å². The summed E-state index contributed by atoms with van der Waals surface area (Å²) < 4.78 is 35.0. The molecule has 0 N–H and O–H groups in total. The molecule has 2 aliphatic rings. The van der Waals surface area contributed by atoms with Crippen molar-refractivity contribution in [3.63, 3.8) is 0 Å². The lowest BCUT2D eigenvalue weighted by Gasteiger charge is -2.30. The van der Waals surface area contributed by atoms with Gasteiger partial charge in [-0.05, 0) is 49.9 Å². The monoisotopic (exact) mass is 384 g/mol. The van der Waals surface area contributed by atoms with Gasteiger partial charge in [0.15, 0.2) is 5.65 Å². The molecule has 1 aromatic carbocycles. The summed E-state index contributed by atoms with van der Waals surface area (Å²) in [5.74, 6) is -0.474. The van der Waals surface area contributed by atoms with Crippen LogP contribution in [0.5, 0.6) is 0 Å². The summed E-state index contributed by atoms with van der Waals surface area (Å²) in [4.78, 5) is 18.8. The number of anilines is 1. The van der Waals surface area contributed by atoms with E-state index < -0.39 is 23.1 Å². The first kappa shape index (κ1) is 17.1. The molecular formula is C20H18F2N4O2. The van der Waals surface area contributed by atoms with Crippen molar-refractivity contribution in [3.8, 4) is 0 Å². The van der Waals surface area contributed by atoms with Crippen molar-refractivity contribution < 1.29 is 18.3 Å². The van der Waals surface area contributed by atoms with Crippen LogP contribution < -0.4 is 4.90 Å². The number of rotatable bonds is 4. The summed E-state index contributed by atoms with van der Waals surface area (Å²) in [5.41, 5.74) is 0.452. The van der Waals surface area contributed by atoms with Crippen LogP contribution in [0.4, 0.5) is 14.6 Å². The molecule has 3 heterocycles. The molecule has 0 radical (unpaired) electrons. The van der Waals surface area contributed by atoms with Gasteiger partial charge in [-0.1, -0.05) is 0 Å². The highest BCUT2D eigenvalue weighted by Crippen LogP contribution is 2.63. The van der Waals surface area contributed by atoms with E-state index in [1.54, 1.807) is 19.2 Å². The normalized spacial score (nSPS) is 23.1. The maximum absolute atomic E-state index is 14.6. The highest BCUT2D eigenvalue weighted by molar-refractivity contribution is 5.95. The van der Waals surface area contributed by atoms with Gasteiger partial charge in [-0.15, -0.1) is 0 Å². The minimum atomic E-state index is -0.582. The van der Waals surface area contributed by atoms with Gasteiger partial charge in [0, 0.05) is 18.3 Å². The van der Waals surface area contributed by atoms with Crippen LogP contribution in [-0.2, 0) is 10.3 Å². The lowest BCUT2D eigenvalue weighted by molar-refractivity contribution is 0.0528. The highest BCUT2D eigenvalue weighted by atomic mass is 19.1. The number of piperidine rings is 1. The van der Waals surface area contributed by atoms with Gasteiger partial charge in [0.05, 0.1) is 18.3 Å². The van der Waals surface area contributed by atoms with Crippen LogP contribution >= 0.6 is 0 Å². The Morgan fingerprint density at radius 2 is 2.21 bits per heavy atom. The van der Waals surface area contributed by atoms with E-state index in [9.17, 15) is 13.6 Å². The zero-order valence-corrected chi connectivity index (χ0v) is 15.2. The lowest BCUT2D eigenvalue weighted by Crippen LogP contribution is -2.34. The number of carbonyl (C=O) groups excluding carboxylic acids is 1. The van der Waals surface area contributed by atoms with Crippen LogP contribution in [0.1, 0.15) is 35.7 Å². The summed E-state index contributed by atoms with van der Waals surface area (Å²) in [6.45, 7) is 2.68. The van der Waals surface area contributed by atoms with Crippen LogP contribution in [0.15, 0.2) is 36.7 Å². The number of aromatic nitrogens is 3. The largest absolute Gasteiger partial charge is 0.462 e. The predicted molar refractivity (Wildman–Crippen MR) is 97.0 cm³/mol. The second kappa shape index (κ2) is 5.98. The Morgan fingerprint density at radius 1 is 1.36 bits per heavy atom. The number of carbonyl (C=O) groups is 1. The van der Waals surface area contributed by atoms with Gasteiger partial charge in [0.1, 0.15) is 23.0 Å². The Hall–Kier alpha value is -3.03. The number of fused-ring (bicyclic) bond motifs is 2. The Labute approximate surface area is 159 Å². The third-order valence-electron chi connectivity index (χ3n) is 5.78. The molecule has 0 amide bonds. The second-order valence-corrected chi connectivity index (χ2v) is 7.22. The van der Waals surface area contributed by atoms with Crippen LogP contribution in [0, 0.1) is 17.6 Å². The van der Waals surface area contributed by atoms with Crippen LogP contribution in [0.3, 0.4) is 0 Å². The second-order valence-electron chi connectivity index (χ2n) is 7.22. The standard InChI is InChI=1S/C20H18F2N4O2/c1-2-28-19(27)14-11-23-26-8-6-17(24-18(14)26)25-7-5-12-10-20(12,25)15-9-13(21)3-4-16(15)22/h3-4,6,8-9,11-12H,2,5,7,10H2,1H3/t12-,20+/m0/s1. The average Bonchev–Trinajstić information content (AvgIpc) is 3.07. The fourth-order valence-electron chi connectivity index (χ4n) is 4.46. The molecule has 1 aliphatic carbocycles. The number of hydrogen-bond acceptors (Lipinski definition) is 5. The predicted octanol–water partition coefficient (Wildman–Crippen LogP) is 3.31. The number of halogens is 2. The number of ether oxygens (including phenoxy) is 1. The zero-order chi connectivity index (χ0) is 19.5. The Bertz CT molecular complexity index is 1100. The maximum atomic E-state index is 14.6. The number of benzene rings is 1. The molecular weight excluding hydrogens is 366 g/mol. The molecule has 0 spiro atoms. The van der Waals surface area contributed by atoms with Crippen molar-refractivity contribution in [1.29, 1.82) is 0 Å². The fourth-order valence-corrected chi connectivity index (χ4v) is 4.46. The van der Waals surface area contributed by atoms with Gasteiger partial charge in [0.25, 0.3) is 0 Å². The topological polar surface area (TPSA) is 59.7 Å². The molecule has 1 saturated carbocycles. The molecule has 0 bridgehead atoms. The van der Waals surface area contributed by atoms with Crippen molar-refractivity contribution in [2.75, 3.05) is 18.1 Å². The zero-order valence-electron chi connectivity index (χ0n) is 15.2. The van der Waals surface area contributed by atoms with Gasteiger partial charge in [-0.3, -0.25) is 0 Å². The SMILES string of the molecule is CCOC(=O)c1cnn2ccc(N3CC[C@H]4C[C@]43c3cc(F)ccc3F)nc12. The fraction of sp³-hybridized carbons (Fsp3) is 0.350. The Balaban J connectivity index is 1.59.